The van der Waals surface area contributed by atoms with Crippen molar-refractivity contribution in [3.05, 3.63) is 64.2 Å². The molecule has 5 heteroatoms. The lowest BCUT2D eigenvalue weighted by Crippen LogP contribution is -2.06. The molecule has 0 radical (unpaired) electrons. The quantitative estimate of drug-likeness (QED) is 0.787. The van der Waals surface area contributed by atoms with Gasteiger partial charge in [0.1, 0.15) is 11.5 Å². The van der Waals surface area contributed by atoms with Crippen LogP contribution in [0.15, 0.2) is 47.5 Å². The third kappa shape index (κ3) is 3.18. The van der Waals surface area contributed by atoms with Crippen molar-refractivity contribution in [3.8, 4) is 11.5 Å². The van der Waals surface area contributed by atoms with Gasteiger partial charge in [0.25, 0.3) is 5.56 Å². The zero-order valence-electron chi connectivity index (χ0n) is 13.1. The number of aromatic amines is 1. The number of nitrogens with zero attached hydrogens (tertiary/aromatic N) is 1. The molecule has 3 rings (SSSR count). The summed E-state index contributed by atoms with van der Waals surface area (Å²) in [5.74, 6) is 1.64. The van der Waals surface area contributed by atoms with Crippen molar-refractivity contribution in [3.63, 3.8) is 0 Å². The van der Waals surface area contributed by atoms with E-state index in [0.717, 1.165) is 35.5 Å². The summed E-state index contributed by atoms with van der Waals surface area (Å²) in [6.45, 7) is 0. The van der Waals surface area contributed by atoms with E-state index < -0.39 is 0 Å². The van der Waals surface area contributed by atoms with Crippen LogP contribution in [0.3, 0.4) is 0 Å². The van der Waals surface area contributed by atoms with E-state index in [2.05, 4.69) is 9.97 Å². The van der Waals surface area contributed by atoms with Crippen LogP contribution in [0.25, 0.3) is 10.9 Å². The first-order valence-corrected chi connectivity index (χ1v) is 7.38. The summed E-state index contributed by atoms with van der Waals surface area (Å²) in [5.41, 5.74) is 2.75. The van der Waals surface area contributed by atoms with E-state index in [-0.39, 0.29) is 5.56 Å². The molecule has 1 heterocycles. The van der Waals surface area contributed by atoms with E-state index in [1.54, 1.807) is 14.2 Å². The number of nitrogens with one attached hydrogen (secondary N) is 1. The molecule has 0 saturated heterocycles. The van der Waals surface area contributed by atoms with Crippen molar-refractivity contribution in [2.45, 2.75) is 12.8 Å². The normalized spacial score (nSPS) is 10.7. The average molecular weight is 310 g/mol. The third-order valence-electron chi connectivity index (χ3n) is 3.88. The highest BCUT2D eigenvalue weighted by Crippen LogP contribution is 2.25. The maximum absolute atomic E-state index is 11.9. The SMILES string of the molecule is COc1ccc(OC)c(CCc2ccc3nc[nH]c(=O)c3c2)c1. The molecule has 0 saturated carbocycles. The predicted octanol–water partition coefficient (Wildman–Crippen LogP) is 2.73. The minimum absolute atomic E-state index is 0.115. The molecule has 0 aliphatic rings. The van der Waals surface area contributed by atoms with Crippen LogP contribution >= 0.6 is 0 Å². The van der Waals surface area contributed by atoms with Crippen LogP contribution in [-0.4, -0.2) is 24.2 Å². The Kier molecular flexibility index (Phi) is 4.28. The molecule has 0 aliphatic carbocycles. The lowest BCUT2D eigenvalue weighted by Gasteiger charge is -2.10. The number of aryl methyl sites for hydroxylation is 2. The van der Waals surface area contributed by atoms with E-state index in [1.807, 2.05) is 36.4 Å². The zero-order valence-corrected chi connectivity index (χ0v) is 13.1. The van der Waals surface area contributed by atoms with Gasteiger partial charge in [-0.1, -0.05) is 6.07 Å². The molecule has 0 unspecified atom stereocenters. The van der Waals surface area contributed by atoms with Gasteiger partial charge in [-0.05, 0) is 54.3 Å². The highest BCUT2D eigenvalue weighted by Gasteiger charge is 2.07. The minimum atomic E-state index is -0.115. The maximum Gasteiger partial charge on any atom is 0.258 e. The number of fused-ring (bicyclic) bond motifs is 1. The smallest absolute Gasteiger partial charge is 0.258 e. The standard InChI is InChI=1S/C18H18N2O3/c1-22-14-6-8-17(23-2)13(10-14)5-3-12-4-7-16-15(9-12)18(21)20-11-19-16/h4,6-11H,3,5H2,1-2H3,(H,19,20,21). The number of hydrogen-bond acceptors (Lipinski definition) is 4. The second-order valence-corrected chi connectivity index (χ2v) is 5.26. The van der Waals surface area contributed by atoms with Crippen LogP contribution in [0, 0.1) is 0 Å². The van der Waals surface area contributed by atoms with Crippen LogP contribution in [-0.2, 0) is 12.8 Å². The Hall–Kier alpha value is -2.82. The third-order valence-corrected chi connectivity index (χ3v) is 3.88. The van der Waals surface area contributed by atoms with Gasteiger partial charge >= 0.3 is 0 Å². The molecule has 0 atom stereocenters. The highest BCUT2D eigenvalue weighted by atomic mass is 16.5. The highest BCUT2D eigenvalue weighted by molar-refractivity contribution is 5.77. The molecule has 23 heavy (non-hydrogen) atoms. The first-order chi connectivity index (χ1) is 11.2. The van der Waals surface area contributed by atoms with Gasteiger partial charge in [0.05, 0.1) is 31.4 Å². The second kappa shape index (κ2) is 6.52. The summed E-state index contributed by atoms with van der Waals surface area (Å²) in [6, 6.07) is 11.5. The Morgan fingerprint density at radius 2 is 1.91 bits per heavy atom. The monoisotopic (exact) mass is 310 g/mol. The van der Waals surface area contributed by atoms with Gasteiger partial charge in [-0.2, -0.15) is 0 Å². The fraction of sp³-hybridized carbons (Fsp3) is 0.222. The Balaban J connectivity index is 1.86. The summed E-state index contributed by atoms with van der Waals surface area (Å²) < 4.78 is 10.7. The number of hydrogen-bond donors (Lipinski definition) is 1. The molecule has 1 N–H and O–H groups in total. The van der Waals surface area contributed by atoms with E-state index in [0.29, 0.717) is 10.9 Å². The van der Waals surface area contributed by atoms with Gasteiger partial charge in [-0.15, -0.1) is 0 Å². The molecular weight excluding hydrogens is 292 g/mol. The number of ether oxygens (including phenoxy) is 2. The molecule has 3 aromatic rings. The van der Waals surface area contributed by atoms with Crippen molar-refractivity contribution in [2.75, 3.05) is 14.2 Å². The summed E-state index contributed by atoms with van der Waals surface area (Å²) in [4.78, 5) is 18.6. The number of methoxy groups -OCH3 is 2. The number of H-pyrrole nitrogens is 1. The number of aromatic nitrogens is 2. The molecule has 0 fully saturated rings. The van der Waals surface area contributed by atoms with Gasteiger partial charge in [0.2, 0.25) is 0 Å². The maximum atomic E-state index is 11.9. The van der Waals surface area contributed by atoms with Gasteiger partial charge in [0.15, 0.2) is 0 Å². The van der Waals surface area contributed by atoms with Gasteiger partial charge in [-0.25, -0.2) is 4.98 Å². The topological polar surface area (TPSA) is 64.2 Å². The Labute approximate surface area is 133 Å². The van der Waals surface area contributed by atoms with Crippen LogP contribution in [0.4, 0.5) is 0 Å². The molecule has 5 nitrogen and oxygen atoms in total. The zero-order chi connectivity index (χ0) is 16.2. The summed E-state index contributed by atoms with van der Waals surface area (Å²) in [7, 11) is 3.31. The van der Waals surface area contributed by atoms with Crippen LogP contribution in [0.2, 0.25) is 0 Å². The molecule has 2 aromatic carbocycles. The fourth-order valence-corrected chi connectivity index (χ4v) is 2.63. The lowest BCUT2D eigenvalue weighted by atomic mass is 10.0. The molecule has 0 spiro atoms. The molecule has 0 amide bonds. The molecule has 0 aliphatic heterocycles. The largest absolute Gasteiger partial charge is 0.497 e. The lowest BCUT2D eigenvalue weighted by molar-refractivity contribution is 0.398. The first kappa shape index (κ1) is 15.1. The molecule has 118 valence electrons. The van der Waals surface area contributed by atoms with E-state index >= 15 is 0 Å². The van der Waals surface area contributed by atoms with Crippen molar-refractivity contribution < 1.29 is 9.47 Å². The summed E-state index contributed by atoms with van der Waals surface area (Å²) in [5, 5.41) is 0.614. The fourth-order valence-electron chi connectivity index (χ4n) is 2.63. The number of rotatable bonds is 5. The van der Waals surface area contributed by atoms with Crippen molar-refractivity contribution in [2.24, 2.45) is 0 Å². The summed E-state index contributed by atoms with van der Waals surface area (Å²) >= 11 is 0. The average Bonchev–Trinajstić information content (AvgIpc) is 2.60. The summed E-state index contributed by atoms with van der Waals surface area (Å²) in [6.07, 6.45) is 3.02. The first-order valence-electron chi connectivity index (χ1n) is 7.38. The molecule has 1 aromatic heterocycles. The minimum Gasteiger partial charge on any atom is -0.497 e. The van der Waals surface area contributed by atoms with E-state index in [1.165, 1.54) is 6.33 Å². The molecule has 0 bridgehead atoms. The Morgan fingerprint density at radius 1 is 1.04 bits per heavy atom. The van der Waals surface area contributed by atoms with Crippen LogP contribution in [0.5, 0.6) is 11.5 Å². The Morgan fingerprint density at radius 3 is 2.70 bits per heavy atom. The van der Waals surface area contributed by atoms with Gasteiger partial charge in [0, 0.05) is 0 Å². The van der Waals surface area contributed by atoms with Crippen molar-refractivity contribution >= 4 is 10.9 Å². The number of benzene rings is 2. The van der Waals surface area contributed by atoms with Gasteiger partial charge in [-0.3, -0.25) is 4.79 Å². The predicted molar refractivity (Wildman–Crippen MR) is 89.3 cm³/mol. The van der Waals surface area contributed by atoms with Crippen LogP contribution < -0.4 is 15.0 Å². The molecular formula is C18H18N2O3. The van der Waals surface area contributed by atoms with Crippen molar-refractivity contribution in [1.82, 2.24) is 9.97 Å². The van der Waals surface area contributed by atoms with Gasteiger partial charge < -0.3 is 14.5 Å². The second-order valence-electron chi connectivity index (χ2n) is 5.26. The Bertz CT molecular complexity index is 887. The van der Waals surface area contributed by atoms with E-state index in [9.17, 15) is 4.79 Å². The van der Waals surface area contributed by atoms with Crippen LogP contribution in [0.1, 0.15) is 11.1 Å². The van der Waals surface area contributed by atoms with E-state index in [4.69, 9.17) is 9.47 Å². The van der Waals surface area contributed by atoms with Crippen molar-refractivity contribution in [1.29, 1.82) is 0 Å².